The number of rotatable bonds is 3. The Hall–Kier alpha value is -1.57. The first-order valence-corrected chi connectivity index (χ1v) is 6.86. The van der Waals surface area contributed by atoms with Crippen LogP contribution in [0.4, 0.5) is 10.6 Å². The average molecular weight is 371 g/mol. The van der Waals surface area contributed by atoms with Crippen molar-refractivity contribution in [2.75, 3.05) is 5.32 Å². The third-order valence-electron chi connectivity index (χ3n) is 2.67. The van der Waals surface area contributed by atoms with Crippen molar-refractivity contribution in [2.45, 2.75) is 13.0 Å². The molecule has 0 unspecified atom stereocenters. The number of carbonyl (C=O) groups excluding carboxylic acids is 1. The number of nitrogens with one attached hydrogen (secondary N) is 1. The number of benzene rings is 1. The van der Waals surface area contributed by atoms with Crippen molar-refractivity contribution in [3.05, 3.63) is 45.7 Å². The maximum absolute atomic E-state index is 11.8. The van der Waals surface area contributed by atoms with E-state index in [0.717, 1.165) is 9.13 Å². The quantitative estimate of drug-likeness (QED) is 0.843. The van der Waals surface area contributed by atoms with Crippen molar-refractivity contribution < 1.29 is 9.53 Å². The van der Waals surface area contributed by atoms with E-state index in [1.54, 1.807) is 17.9 Å². The first-order valence-electron chi connectivity index (χ1n) is 5.78. The highest BCUT2D eigenvalue weighted by molar-refractivity contribution is 14.1. The lowest BCUT2D eigenvalue weighted by Gasteiger charge is -2.14. The number of hydrogen-bond donors (Lipinski definition) is 1. The summed E-state index contributed by atoms with van der Waals surface area (Å²) >= 11 is 2.11. The van der Waals surface area contributed by atoms with E-state index in [9.17, 15) is 4.79 Å². The number of aryl methyl sites for hydroxylation is 1. The van der Waals surface area contributed by atoms with Gasteiger partial charge in [-0.05, 0) is 35.1 Å². The molecule has 0 saturated carbocycles. The Morgan fingerprint density at radius 3 is 2.68 bits per heavy atom. The fraction of sp³-hybridized carbons (Fsp3) is 0.231. The topological polar surface area (TPSA) is 56.1 Å². The lowest BCUT2D eigenvalue weighted by Crippen LogP contribution is -2.18. The predicted octanol–water partition coefficient (Wildman–Crippen LogP) is 3.33. The second-order valence-corrected chi connectivity index (χ2v) is 5.21. The second-order valence-electron chi connectivity index (χ2n) is 4.05. The maximum atomic E-state index is 11.8. The fourth-order valence-corrected chi connectivity index (χ4v) is 2.24. The lowest BCUT2D eigenvalue weighted by molar-refractivity contribution is 0.121. The summed E-state index contributed by atoms with van der Waals surface area (Å²) in [6.45, 7) is 1.84. The molecule has 1 aromatic heterocycles. The molecule has 6 heteroatoms. The molecule has 19 heavy (non-hydrogen) atoms. The van der Waals surface area contributed by atoms with Gasteiger partial charge in [0.1, 0.15) is 11.9 Å². The molecule has 0 aliphatic carbocycles. The van der Waals surface area contributed by atoms with Gasteiger partial charge in [-0.3, -0.25) is 10.00 Å². The van der Waals surface area contributed by atoms with Gasteiger partial charge in [0.2, 0.25) is 0 Å². The Morgan fingerprint density at radius 2 is 2.11 bits per heavy atom. The molecular formula is C13H14IN3O2. The average Bonchev–Trinajstić information content (AvgIpc) is 2.71. The SMILES string of the molecule is C[C@@H](OC(=O)Nc1c(I)cnn1C)c1ccccc1. The van der Waals surface area contributed by atoms with Crippen LogP contribution in [0.3, 0.4) is 0 Å². The zero-order chi connectivity index (χ0) is 13.8. The predicted molar refractivity (Wildman–Crippen MR) is 80.9 cm³/mol. The lowest BCUT2D eigenvalue weighted by atomic mass is 10.1. The maximum Gasteiger partial charge on any atom is 0.413 e. The van der Waals surface area contributed by atoms with Gasteiger partial charge in [0, 0.05) is 7.05 Å². The van der Waals surface area contributed by atoms with E-state index in [1.165, 1.54) is 0 Å². The standard InChI is InChI=1S/C13H14IN3O2/c1-9(10-6-4-3-5-7-10)19-13(18)16-12-11(14)8-15-17(12)2/h3-9H,1-2H3,(H,16,18)/t9-/m1/s1. The Kier molecular flexibility index (Phi) is 4.41. The van der Waals surface area contributed by atoms with Crippen LogP contribution in [-0.4, -0.2) is 15.9 Å². The van der Waals surface area contributed by atoms with Gasteiger partial charge in [-0.2, -0.15) is 5.10 Å². The molecule has 1 N–H and O–H groups in total. The van der Waals surface area contributed by atoms with Crippen LogP contribution in [0.25, 0.3) is 0 Å². The smallest absolute Gasteiger partial charge is 0.413 e. The summed E-state index contributed by atoms with van der Waals surface area (Å²) in [4.78, 5) is 11.8. The molecular weight excluding hydrogens is 357 g/mol. The Bertz CT molecular complexity index is 549. The van der Waals surface area contributed by atoms with Crippen molar-refractivity contribution in [3.8, 4) is 0 Å². The van der Waals surface area contributed by atoms with E-state index >= 15 is 0 Å². The monoisotopic (exact) mass is 371 g/mol. The van der Waals surface area contributed by atoms with Gasteiger partial charge in [-0.1, -0.05) is 30.3 Å². The number of nitrogens with zero attached hydrogens (tertiary/aromatic N) is 2. The van der Waals surface area contributed by atoms with Crippen LogP contribution in [0.2, 0.25) is 0 Å². The van der Waals surface area contributed by atoms with E-state index in [4.69, 9.17) is 4.74 Å². The van der Waals surface area contributed by atoms with Crippen LogP contribution in [0.15, 0.2) is 36.5 Å². The minimum atomic E-state index is -0.488. The summed E-state index contributed by atoms with van der Waals surface area (Å²) in [6.07, 6.45) is 0.890. The molecule has 0 aliphatic heterocycles. The summed E-state index contributed by atoms with van der Waals surface area (Å²) < 4.78 is 7.78. The molecule has 2 rings (SSSR count). The second kappa shape index (κ2) is 6.05. The Labute approximate surface area is 125 Å². The molecule has 5 nitrogen and oxygen atoms in total. The third kappa shape index (κ3) is 3.46. The minimum absolute atomic E-state index is 0.299. The number of anilines is 1. The number of hydrogen-bond acceptors (Lipinski definition) is 3. The first kappa shape index (κ1) is 13.9. The van der Waals surface area contributed by atoms with E-state index in [0.29, 0.717) is 5.82 Å². The normalized spacial score (nSPS) is 11.9. The molecule has 1 aromatic carbocycles. The molecule has 1 heterocycles. The van der Waals surface area contributed by atoms with Gasteiger partial charge in [-0.25, -0.2) is 4.79 Å². The number of amides is 1. The van der Waals surface area contributed by atoms with Gasteiger partial charge in [-0.15, -0.1) is 0 Å². The van der Waals surface area contributed by atoms with Crippen LogP contribution in [-0.2, 0) is 11.8 Å². The van der Waals surface area contributed by atoms with Gasteiger partial charge < -0.3 is 4.74 Å². The molecule has 0 fully saturated rings. The van der Waals surface area contributed by atoms with Crippen LogP contribution < -0.4 is 5.32 Å². The Morgan fingerprint density at radius 1 is 1.42 bits per heavy atom. The van der Waals surface area contributed by atoms with Crippen molar-refractivity contribution >= 4 is 34.5 Å². The van der Waals surface area contributed by atoms with Gasteiger partial charge in [0.15, 0.2) is 0 Å². The van der Waals surface area contributed by atoms with Crippen molar-refractivity contribution in [3.63, 3.8) is 0 Å². The number of carbonyl (C=O) groups is 1. The highest BCUT2D eigenvalue weighted by Gasteiger charge is 2.14. The zero-order valence-corrected chi connectivity index (χ0v) is 12.8. The minimum Gasteiger partial charge on any atom is -0.441 e. The molecule has 100 valence electrons. The molecule has 1 atom stereocenters. The van der Waals surface area contributed by atoms with Gasteiger partial charge in [0.25, 0.3) is 0 Å². The molecule has 0 aliphatic rings. The summed E-state index contributed by atoms with van der Waals surface area (Å²) in [5, 5.41) is 6.74. The van der Waals surface area contributed by atoms with Crippen LogP contribution in [0.1, 0.15) is 18.6 Å². The van der Waals surface area contributed by atoms with E-state index < -0.39 is 6.09 Å². The first-order chi connectivity index (χ1) is 9.08. The number of aromatic nitrogens is 2. The van der Waals surface area contributed by atoms with E-state index in [-0.39, 0.29) is 6.10 Å². The van der Waals surface area contributed by atoms with E-state index in [1.807, 2.05) is 37.3 Å². The van der Waals surface area contributed by atoms with Gasteiger partial charge in [0.05, 0.1) is 9.77 Å². The van der Waals surface area contributed by atoms with E-state index in [2.05, 4.69) is 33.0 Å². The van der Waals surface area contributed by atoms with Crippen molar-refractivity contribution in [1.82, 2.24) is 9.78 Å². The zero-order valence-electron chi connectivity index (χ0n) is 10.6. The summed E-state index contributed by atoms with van der Waals surface area (Å²) in [6, 6.07) is 9.60. The summed E-state index contributed by atoms with van der Waals surface area (Å²) in [7, 11) is 1.76. The molecule has 0 saturated heterocycles. The number of ether oxygens (including phenoxy) is 1. The fourth-order valence-electron chi connectivity index (χ4n) is 1.63. The largest absolute Gasteiger partial charge is 0.441 e. The van der Waals surface area contributed by atoms with Crippen molar-refractivity contribution in [1.29, 1.82) is 0 Å². The molecule has 0 radical (unpaired) electrons. The number of halogens is 1. The molecule has 2 aromatic rings. The van der Waals surface area contributed by atoms with Gasteiger partial charge >= 0.3 is 6.09 Å². The van der Waals surface area contributed by atoms with Crippen LogP contribution in [0, 0.1) is 3.57 Å². The Balaban J connectivity index is 1.99. The highest BCUT2D eigenvalue weighted by Crippen LogP contribution is 2.19. The van der Waals surface area contributed by atoms with Crippen LogP contribution >= 0.6 is 22.6 Å². The molecule has 0 bridgehead atoms. The molecule has 1 amide bonds. The van der Waals surface area contributed by atoms with Crippen LogP contribution in [0.5, 0.6) is 0 Å². The van der Waals surface area contributed by atoms with Crippen molar-refractivity contribution in [2.24, 2.45) is 7.05 Å². The highest BCUT2D eigenvalue weighted by atomic mass is 127. The third-order valence-corrected chi connectivity index (χ3v) is 3.46. The summed E-state index contributed by atoms with van der Waals surface area (Å²) in [5.74, 6) is 0.630. The molecule has 0 spiro atoms. The summed E-state index contributed by atoms with van der Waals surface area (Å²) in [5.41, 5.74) is 0.956.